The standard InChI is InChI=1S/C10H13N2.BrH/c1-10(2,3)12-6-4-9(8-11)5-7-12;/h4-7H,1-3H3;1H/q+1;/p-1. The van der Waals surface area contributed by atoms with Crippen LogP contribution < -0.4 is 21.5 Å². The number of halogens is 1. The van der Waals surface area contributed by atoms with E-state index in [1.165, 1.54) is 0 Å². The Morgan fingerprint density at radius 2 is 1.69 bits per heavy atom. The number of hydrogen-bond acceptors (Lipinski definition) is 1. The number of nitriles is 1. The Hall–Kier alpha value is -0.880. The van der Waals surface area contributed by atoms with Crippen LogP contribution in [0.2, 0.25) is 0 Å². The van der Waals surface area contributed by atoms with Crippen molar-refractivity contribution >= 4 is 0 Å². The molecule has 3 heteroatoms. The lowest BCUT2D eigenvalue weighted by molar-refractivity contribution is -0.754. The van der Waals surface area contributed by atoms with Gasteiger partial charge in [-0.05, 0) is 0 Å². The minimum Gasteiger partial charge on any atom is -1.00 e. The Labute approximate surface area is 89.6 Å². The maximum absolute atomic E-state index is 8.57. The zero-order valence-corrected chi connectivity index (χ0v) is 9.67. The van der Waals surface area contributed by atoms with E-state index in [1.807, 2.05) is 24.5 Å². The molecule has 1 aromatic rings. The van der Waals surface area contributed by atoms with Gasteiger partial charge in [-0.1, -0.05) is 0 Å². The van der Waals surface area contributed by atoms with Crippen molar-refractivity contribution in [3.63, 3.8) is 0 Å². The Balaban J connectivity index is 0.00000144. The lowest BCUT2D eigenvalue weighted by atomic mass is 10.1. The largest absolute Gasteiger partial charge is 1.00 e. The molecule has 0 unspecified atom stereocenters. The third-order valence-electron chi connectivity index (χ3n) is 1.73. The van der Waals surface area contributed by atoms with Crippen molar-refractivity contribution in [3.8, 4) is 6.07 Å². The molecule has 1 rings (SSSR count). The van der Waals surface area contributed by atoms with E-state index in [9.17, 15) is 0 Å². The molecule has 0 amide bonds. The fourth-order valence-electron chi connectivity index (χ4n) is 0.948. The van der Waals surface area contributed by atoms with Gasteiger partial charge in [0.2, 0.25) is 0 Å². The highest BCUT2D eigenvalue weighted by molar-refractivity contribution is 5.23. The van der Waals surface area contributed by atoms with Crippen LogP contribution in [0.25, 0.3) is 0 Å². The van der Waals surface area contributed by atoms with Gasteiger partial charge in [0, 0.05) is 32.9 Å². The summed E-state index contributed by atoms with van der Waals surface area (Å²) in [7, 11) is 0. The van der Waals surface area contributed by atoms with Gasteiger partial charge in [0.25, 0.3) is 0 Å². The van der Waals surface area contributed by atoms with Crippen LogP contribution in [-0.4, -0.2) is 0 Å². The SMILES string of the molecule is CC(C)(C)[n+]1ccc(C#N)cc1.[Br-]. The molecule has 0 aliphatic carbocycles. The van der Waals surface area contributed by atoms with Crippen LogP contribution in [0.15, 0.2) is 24.5 Å². The minimum atomic E-state index is 0. The highest BCUT2D eigenvalue weighted by Crippen LogP contribution is 2.03. The molecule has 2 nitrogen and oxygen atoms in total. The monoisotopic (exact) mass is 240 g/mol. The maximum Gasteiger partial charge on any atom is 0.170 e. The molecule has 13 heavy (non-hydrogen) atoms. The predicted molar refractivity (Wildman–Crippen MR) is 46.3 cm³/mol. The second kappa shape index (κ2) is 4.38. The molecule has 0 spiro atoms. The summed E-state index contributed by atoms with van der Waals surface area (Å²) in [5.74, 6) is 0. The average Bonchev–Trinajstić information content (AvgIpc) is 2.03. The van der Waals surface area contributed by atoms with Crippen LogP contribution in [-0.2, 0) is 5.54 Å². The molecule has 0 aliphatic heterocycles. The van der Waals surface area contributed by atoms with E-state index < -0.39 is 0 Å². The van der Waals surface area contributed by atoms with E-state index in [0.717, 1.165) is 0 Å². The molecule has 1 heterocycles. The minimum absolute atomic E-state index is 0. The van der Waals surface area contributed by atoms with Gasteiger partial charge in [0.1, 0.15) is 0 Å². The van der Waals surface area contributed by atoms with Gasteiger partial charge in [-0.25, -0.2) is 4.57 Å². The van der Waals surface area contributed by atoms with E-state index in [4.69, 9.17) is 5.26 Å². The van der Waals surface area contributed by atoms with E-state index in [0.29, 0.717) is 5.56 Å². The number of aromatic nitrogens is 1. The summed E-state index contributed by atoms with van der Waals surface area (Å²) in [6.45, 7) is 6.37. The number of nitrogens with zero attached hydrogens (tertiary/aromatic N) is 2. The summed E-state index contributed by atoms with van der Waals surface area (Å²) in [5, 5.41) is 8.57. The molecular weight excluding hydrogens is 228 g/mol. The summed E-state index contributed by atoms with van der Waals surface area (Å²) in [6.07, 6.45) is 3.86. The van der Waals surface area contributed by atoms with E-state index in [1.54, 1.807) is 0 Å². The third-order valence-corrected chi connectivity index (χ3v) is 1.73. The van der Waals surface area contributed by atoms with Crippen LogP contribution in [0.4, 0.5) is 0 Å². The summed E-state index contributed by atoms with van der Waals surface area (Å²) < 4.78 is 2.08. The van der Waals surface area contributed by atoms with E-state index >= 15 is 0 Å². The first-order chi connectivity index (χ1) is 5.54. The molecule has 0 N–H and O–H groups in total. The summed E-state index contributed by atoms with van der Waals surface area (Å²) >= 11 is 0. The van der Waals surface area contributed by atoms with Gasteiger partial charge >= 0.3 is 0 Å². The molecule has 0 fully saturated rings. The smallest absolute Gasteiger partial charge is 0.170 e. The quantitative estimate of drug-likeness (QED) is 0.514. The van der Waals surface area contributed by atoms with Crippen molar-refractivity contribution in [1.82, 2.24) is 0 Å². The molecule has 0 radical (unpaired) electrons. The first kappa shape index (κ1) is 12.1. The number of rotatable bonds is 0. The predicted octanol–water partition coefficient (Wildman–Crippen LogP) is -1.40. The second-order valence-electron chi connectivity index (χ2n) is 3.78. The molecule has 0 aliphatic rings. The second-order valence-corrected chi connectivity index (χ2v) is 3.78. The molecule has 1 aromatic heterocycles. The molecule has 0 bridgehead atoms. The molecule has 0 atom stereocenters. The van der Waals surface area contributed by atoms with Crippen molar-refractivity contribution < 1.29 is 21.5 Å². The average molecular weight is 241 g/mol. The first-order valence-electron chi connectivity index (χ1n) is 3.96. The molecule has 0 saturated carbocycles. The lowest BCUT2D eigenvalue weighted by Gasteiger charge is -2.11. The third kappa shape index (κ3) is 3.16. The highest BCUT2D eigenvalue weighted by atomic mass is 79.9. The topological polar surface area (TPSA) is 27.7 Å². The lowest BCUT2D eigenvalue weighted by Crippen LogP contribution is -3.00. The maximum atomic E-state index is 8.57. The van der Waals surface area contributed by atoms with Gasteiger partial charge in [-0.2, -0.15) is 5.26 Å². The van der Waals surface area contributed by atoms with Crippen molar-refractivity contribution in [3.05, 3.63) is 30.1 Å². The van der Waals surface area contributed by atoms with E-state index in [-0.39, 0.29) is 22.5 Å². The zero-order valence-electron chi connectivity index (χ0n) is 8.08. The van der Waals surface area contributed by atoms with Gasteiger partial charge in [-0.3, -0.25) is 0 Å². The first-order valence-corrected chi connectivity index (χ1v) is 3.96. The van der Waals surface area contributed by atoms with Crippen molar-refractivity contribution in [2.45, 2.75) is 26.3 Å². The number of hydrogen-bond donors (Lipinski definition) is 0. The normalized spacial score (nSPS) is 10.0. The van der Waals surface area contributed by atoms with Gasteiger partial charge in [0.15, 0.2) is 17.9 Å². The van der Waals surface area contributed by atoms with E-state index in [2.05, 4.69) is 31.4 Å². The van der Waals surface area contributed by atoms with Crippen LogP contribution in [0.3, 0.4) is 0 Å². The van der Waals surface area contributed by atoms with Gasteiger partial charge in [-0.15, -0.1) is 0 Å². The summed E-state index contributed by atoms with van der Waals surface area (Å²) in [4.78, 5) is 0. The molecular formula is C10H13BrN2. The van der Waals surface area contributed by atoms with Crippen molar-refractivity contribution in [2.75, 3.05) is 0 Å². The molecule has 0 aromatic carbocycles. The Morgan fingerprint density at radius 3 is 2.00 bits per heavy atom. The summed E-state index contributed by atoms with van der Waals surface area (Å²) in [6, 6.07) is 5.74. The van der Waals surface area contributed by atoms with Crippen molar-refractivity contribution in [2.24, 2.45) is 0 Å². The fraction of sp³-hybridized carbons (Fsp3) is 0.400. The van der Waals surface area contributed by atoms with Crippen LogP contribution in [0.5, 0.6) is 0 Å². The zero-order chi connectivity index (χ0) is 9.19. The fourth-order valence-corrected chi connectivity index (χ4v) is 0.948. The van der Waals surface area contributed by atoms with Crippen LogP contribution in [0, 0.1) is 11.3 Å². The molecule has 0 saturated heterocycles. The Kier molecular flexibility index (Phi) is 4.09. The summed E-state index contributed by atoms with van der Waals surface area (Å²) in [5.41, 5.74) is 0.795. The van der Waals surface area contributed by atoms with Gasteiger partial charge < -0.3 is 17.0 Å². The Bertz CT molecular complexity index is 303. The van der Waals surface area contributed by atoms with Crippen LogP contribution >= 0.6 is 0 Å². The Morgan fingerprint density at radius 1 is 1.23 bits per heavy atom. The number of pyridine rings is 1. The van der Waals surface area contributed by atoms with Gasteiger partial charge in [0.05, 0.1) is 11.6 Å². The van der Waals surface area contributed by atoms with Crippen molar-refractivity contribution in [1.29, 1.82) is 5.26 Å². The van der Waals surface area contributed by atoms with Crippen LogP contribution in [0.1, 0.15) is 26.3 Å². The highest BCUT2D eigenvalue weighted by Gasteiger charge is 2.19. The molecule has 70 valence electrons.